The van der Waals surface area contributed by atoms with Gasteiger partial charge in [0.15, 0.2) is 5.96 Å². The molecule has 76 heavy (non-hydrogen) atoms. The average molecular weight is 1130 g/mol. The molecule has 0 radical (unpaired) electrons. The van der Waals surface area contributed by atoms with Crippen LogP contribution in [-0.4, -0.2) is 178 Å². The maximum atomic E-state index is 14.4. The van der Waals surface area contributed by atoms with Gasteiger partial charge >= 0.3 is 5.97 Å². The SMILES string of the molecule is CSCC[C@H](NC(=O)[C@@H]1CCCN1C(=O)[C@H](CCC(N)=O)NC(=O)[C@H](CCCN=C(N)N)NC(=O)[C@H](CC(N)=O)NC(=O)[C@H](CCC(N)=O)NC(=O)[C@H](Cc1ccccc1)NC(=O)[C@@H](N)CS)C(=O)N[C@@H](CS)C(=O)O. The van der Waals surface area contributed by atoms with E-state index in [1.54, 1.807) is 36.6 Å². The van der Waals surface area contributed by atoms with Gasteiger partial charge in [-0.3, -0.25) is 57.7 Å². The summed E-state index contributed by atoms with van der Waals surface area (Å²) in [5, 5.41) is 26.7. The van der Waals surface area contributed by atoms with Crippen molar-refractivity contribution in [2.45, 2.75) is 125 Å². The van der Waals surface area contributed by atoms with E-state index in [0.717, 1.165) is 4.90 Å². The number of hydrogen-bond acceptors (Lipinski definition) is 17. The number of nitrogens with one attached hydrogen (secondary N) is 7. The average Bonchev–Trinajstić information content (AvgIpc) is 3.87. The molecule has 1 aliphatic rings. The van der Waals surface area contributed by atoms with Crippen LogP contribution in [0.1, 0.15) is 69.8 Å². The van der Waals surface area contributed by atoms with Crippen LogP contribution in [0, 0.1) is 0 Å². The molecule has 11 amide bonds. The Morgan fingerprint density at radius 1 is 0.645 bits per heavy atom. The van der Waals surface area contributed by atoms with Crippen molar-refractivity contribution in [3.63, 3.8) is 0 Å². The fourth-order valence-corrected chi connectivity index (χ4v) is 8.41. The first kappa shape index (κ1) is 65.3. The molecule has 28 nitrogen and oxygen atoms in total. The van der Waals surface area contributed by atoms with Crippen LogP contribution >= 0.6 is 37.0 Å². The Morgan fingerprint density at radius 2 is 1.14 bits per heavy atom. The third-order valence-corrected chi connectivity index (χ3v) is 13.0. The number of aliphatic carboxylic acids is 1. The molecule has 0 spiro atoms. The van der Waals surface area contributed by atoms with Crippen LogP contribution in [0.15, 0.2) is 35.3 Å². The lowest BCUT2D eigenvalue weighted by Gasteiger charge is -2.31. The predicted octanol–water partition coefficient (Wildman–Crippen LogP) is -5.90. The number of carbonyl (C=O) groups excluding carboxylic acids is 11. The molecular weight excluding hydrogens is 1050 g/mol. The molecule has 1 aromatic carbocycles. The summed E-state index contributed by atoms with van der Waals surface area (Å²) in [7, 11) is 0. The van der Waals surface area contributed by atoms with Gasteiger partial charge in [-0.05, 0) is 62.5 Å². The minimum absolute atomic E-state index is 0.00464. The van der Waals surface area contributed by atoms with Gasteiger partial charge in [-0.25, -0.2) is 4.79 Å². The summed E-state index contributed by atoms with van der Waals surface area (Å²) >= 11 is 9.36. The van der Waals surface area contributed by atoms with Gasteiger partial charge < -0.3 is 81.6 Å². The van der Waals surface area contributed by atoms with Gasteiger partial charge in [-0.1, -0.05) is 30.3 Å². The molecule has 0 saturated carbocycles. The standard InChI is InChI=1S/C45H71N15O13S3/c1-76-18-15-27(39(67)59-31(22-75)44(72)73)55-42(70)32-10-6-17-60(32)43(71)28(12-14-34(48)62)56-37(65)25(9-5-16-52-45(50)51)53-41(69)30(20-35(49)63)58-38(66)26(11-13-33(47)61)54-40(68)29(57-36(64)24(46)21-74)19-23-7-3-2-4-8-23/h2-4,7-8,24-32,74-75H,5-6,9-22,46H2,1H3,(H2,47,61)(H2,48,62)(H2,49,63)(H,53,69)(H,54,68)(H,55,70)(H,56,65)(H,57,64)(H,58,66)(H,59,67)(H,72,73)(H4,50,51,52)/t24-,25-,26-,27-,28-,29-,30-,31-,32-/m0/s1. The third kappa shape index (κ3) is 23.4. The second-order valence-corrected chi connectivity index (χ2v) is 19.2. The summed E-state index contributed by atoms with van der Waals surface area (Å²) in [5.41, 5.74) is 33.7. The Balaban J connectivity index is 2.48. The van der Waals surface area contributed by atoms with Crippen LogP contribution in [0.25, 0.3) is 0 Å². The number of hydrogen-bond donors (Lipinski definition) is 16. The molecule has 20 N–H and O–H groups in total. The lowest BCUT2D eigenvalue weighted by atomic mass is 10.0. The van der Waals surface area contributed by atoms with Crippen molar-refractivity contribution < 1.29 is 62.6 Å². The molecule has 0 aliphatic carbocycles. The van der Waals surface area contributed by atoms with Crippen molar-refractivity contribution in [3.05, 3.63) is 35.9 Å². The van der Waals surface area contributed by atoms with E-state index in [0.29, 0.717) is 17.7 Å². The van der Waals surface area contributed by atoms with Crippen molar-refractivity contribution in [3.8, 4) is 0 Å². The van der Waals surface area contributed by atoms with Crippen molar-refractivity contribution in [2.75, 3.05) is 36.6 Å². The molecular formula is C45H71N15O13S3. The summed E-state index contributed by atoms with van der Waals surface area (Å²) in [5.74, 6) is -11.9. The van der Waals surface area contributed by atoms with E-state index in [9.17, 15) is 62.6 Å². The number of primary amides is 3. The van der Waals surface area contributed by atoms with E-state index in [-0.39, 0.29) is 62.7 Å². The summed E-state index contributed by atoms with van der Waals surface area (Å²) in [6.45, 7) is -0.0873. The smallest absolute Gasteiger partial charge is 0.327 e. The number of carbonyl (C=O) groups is 12. The number of guanidine groups is 1. The number of rotatable bonds is 35. The van der Waals surface area contributed by atoms with Gasteiger partial charge in [0.1, 0.15) is 48.3 Å². The highest BCUT2D eigenvalue weighted by Crippen LogP contribution is 2.21. The number of likely N-dealkylation sites (tertiary alicyclic amines) is 1. The molecule has 1 fully saturated rings. The predicted molar refractivity (Wildman–Crippen MR) is 285 cm³/mol. The number of nitrogens with two attached hydrogens (primary N) is 6. The second-order valence-electron chi connectivity index (χ2n) is 17.5. The number of aliphatic imine (C=N–C) groups is 1. The van der Waals surface area contributed by atoms with Gasteiger partial charge in [0.2, 0.25) is 65.0 Å². The minimum atomic E-state index is -1.86. The molecule has 422 valence electrons. The van der Waals surface area contributed by atoms with E-state index < -0.39 is 157 Å². The van der Waals surface area contributed by atoms with Crippen LogP contribution in [-0.2, 0) is 64.0 Å². The molecule has 9 atom stereocenters. The number of thioether (sulfide) groups is 1. The fourth-order valence-electron chi connectivity index (χ4n) is 7.53. The summed E-state index contributed by atoms with van der Waals surface area (Å²) in [4.78, 5) is 163. The van der Waals surface area contributed by atoms with Crippen molar-refractivity contribution in [2.24, 2.45) is 39.4 Å². The zero-order valence-corrected chi connectivity index (χ0v) is 44.5. The van der Waals surface area contributed by atoms with Crippen molar-refractivity contribution in [1.29, 1.82) is 0 Å². The summed E-state index contributed by atoms with van der Waals surface area (Å²) in [6.07, 6.45) is -0.707. The van der Waals surface area contributed by atoms with E-state index in [2.05, 4.69) is 67.5 Å². The molecule has 1 heterocycles. The Hall–Kier alpha value is -6.86. The number of carboxylic acid groups (broad SMARTS) is 1. The molecule has 0 aromatic heterocycles. The van der Waals surface area contributed by atoms with Gasteiger partial charge in [0.25, 0.3) is 0 Å². The maximum Gasteiger partial charge on any atom is 0.327 e. The maximum absolute atomic E-state index is 14.4. The molecule has 0 unspecified atom stereocenters. The highest BCUT2D eigenvalue weighted by atomic mass is 32.2. The van der Waals surface area contributed by atoms with Crippen LogP contribution in [0.4, 0.5) is 0 Å². The lowest BCUT2D eigenvalue weighted by Crippen LogP contribution is -2.61. The van der Waals surface area contributed by atoms with Crippen LogP contribution < -0.4 is 71.6 Å². The zero-order chi connectivity index (χ0) is 57.1. The van der Waals surface area contributed by atoms with Crippen LogP contribution in [0.3, 0.4) is 0 Å². The highest BCUT2D eigenvalue weighted by Gasteiger charge is 2.40. The van der Waals surface area contributed by atoms with Gasteiger partial charge in [0, 0.05) is 43.9 Å². The molecule has 1 aliphatic heterocycles. The minimum Gasteiger partial charge on any atom is -0.480 e. The lowest BCUT2D eigenvalue weighted by molar-refractivity contribution is -0.143. The number of amides is 11. The van der Waals surface area contributed by atoms with Gasteiger partial charge in [0.05, 0.1) is 12.5 Å². The van der Waals surface area contributed by atoms with Gasteiger partial charge in [-0.15, -0.1) is 0 Å². The Morgan fingerprint density at radius 3 is 1.67 bits per heavy atom. The number of carboxylic acids is 1. The van der Waals surface area contributed by atoms with Gasteiger partial charge in [-0.2, -0.15) is 37.0 Å². The molecule has 0 bridgehead atoms. The number of thiol groups is 2. The molecule has 1 aromatic rings. The summed E-state index contributed by atoms with van der Waals surface area (Å²) < 4.78 is 0. The van der Waals surface area contributed by atoms with Crippen molar-refractivity contribution in [1.82, 2.24) is 42.1 Å². The molecule has 1 saturated heterocycles. The van der Waals surface area contributed by atoms with Crippen LogP contribution in [0.2, 0.25) is 0 Å². The van der Waals surface area contributed by atoms with Crippen molar-refractivity contribution >= 4 is 114 Å². The first-order valence-corrected chi connectivity index (χ1v) is 26.6. The fraction of sp³-hybridized carbons (Fsp3) is 0.578. The number of nitrogens with zero attached hydrogens (tertiary/aromatic N) is 2. The second kappa shape index (κ2) is 33.9. The van der Waals surface area contributed by atoms with E-state index in [4.69, 9.17) is 34.4 Å². The van der Waals surface area contributed by atoms with E-state index in [1.807, 2.05) is 0 Å². The van der Waals surface area contributed by atoms with Crippen LogP contribution in [0.5, 0.6) is 0 Å². The normalized spacial score (nSPS) is 16.1. The topological polar surface area (TPSA) is 481 Å². The van der Waals surface area contributed by atoms with E-state index >= 15 is 0 Å². The summed E-state index contributed by atoms with van der Waals surface area (Å²) in [6, 6.07) is -4.43. The monoisotopic (exact) mass is 1130 g/mol. The Bertz CT molecular complexity index is 2250. The first-order valence-electron chi connectivity index (χ1n) is 24.0. The Kier molecular flexibility index (Phi) is 29.1. The quantitative estimate of drug-likeness (QED) is 0.0130. The third-order valence-electron chi connectivity index (χ3n) is 11.6. The first-order chi connectivity index (χ1) is 35.9. The Labute approximate surface area is 453 Å². The molecule has 2 rings (SSSR count). The van der Waals surface area contributed by atoms with E-state index in [1.165, 1.54) is 11.8 Å². The molecule has 31 heteroatoms. The zero-order valence-electron chi connectivity index (χ0n) is 41.9. The largest absolute Gasteiger partial charge is 0.480 e. The highest BCUT2D eigenvalue weighted by molar-refractivity contribution is 7.98. The number of benzene rings is 1.